The fourth-order valence-corrected chi connectivity index (χ4v) is 9.62. The van der Waals surface area contributed by atoms with E-state index in [1.54, 1.807) is 21.9 Å². The number of piperidine rings is 1. The van der Waals surface area contributed by atoms with Crippen molar-refractivity contribution in [1.82, 2.24) is 19.5 Å². The minimum atomic E-state index is -3.84. The Morgan fingerprint density at radius 1 is 0.942 bits per heavy atom. The van der Waals surface area contributed by atoms with Crippen molar-refractivity contribution in [2.45, 2.75) is 73.9 Å². The zero-order valence-electron chi connectivity index (χ0n) is 29.3. The van der Waals surface area contributed by atoms with Crippen LogP contribution in [0, 0.1) is 11.8 Å². The SMILES string of the molecule is N[C@@H]1C[C@H](N)CN(CCCNC(=O)[C@H]2CC[C@H](C(F)(F)c3cc(Cl)nc(N4CCN(S(=O)(=O)c5ccc(N6C[C@H](N)CC6=O)cc5)CC4)c3)CC2)C1. The molecule has 3 saturated heterocycles. The molecule has 0 unspecified atom stereocenters. The minimum Gasteiger partial charge on any atom is -0.356 e. The van der Waals surface area contributed by atoms with Gasteiger partial charge in [0.25, 0.3) is 5.92 Å². The van der Waals surface area contributed by atoms with Gasteiger partial charge in [-0.2, -0.15) is 4.31 Å². The second kappa shape index (κ2) is 16.2. The van der Waals surface area contributed by atoms with Crippen LogP contribution in [0.1, 0.15) is 50.5 Å². The van der Waals surface area contributed by atoms with Crippen LogP contribution in [-0.2, 0) is 25.5 Å². The Kier molecular flexibility index (Phi) is 12.0. The lowest BCUT2D eigenvalue weighted by atomic mass is 9.77. The van der Waals surface area contributed by atoms with Gasteiger partial charge in [-0.3, -0.25) is 9.59 Å². The van der Waals surface area contributed by atoms with Crippen LogP contribution in [0.3, 0.4) is 0 Å². The van der Waals surface area contributed by atoms with Gasteiger partial charge in [0, 0.05) is 100.0 Å². The summed E-state index contributed by atoms with van der Waals surface area (Å²) in [4.78, 5) is 35.0. The summed E-state index contributed by atoms with van der Waals surface area (Å²) in [5, 5.41) is 2.92. The zero-order valence-corrected chi connectivity index (χ0v) is 30.9. The van der Waals surface area contributed by atoms with Crippen LogP contribution in [0.15, 0.2) is 41.3 Å². The van der Waals surface area contributed by atoms with Crippen LogP contribution in [0.5, 0.6) is 0 Å². The summed E-state index contributed by atoms with van der Waals surface area (Å²) < 4.78 is 60.2. The third-order valence-corrected chi connectivity index (χ3v) is 12.9. The van der Waals surface area contributed by atoms with E-state index in [-0.39, 0.29) is 103 Å². The van der Waals surface area contributed by atoms with Gasteiger partial charge < -0.3 is 37.2 Å². The highest BCUT2D eigenvalue weighted by Gasteiger charge is 2.44. The number of nitrogens with two attached hydrogens (primary N) is 3. The van der Waals surface area contributed by atoms with Gasteiger partial charge in [-0.1, -0.05) is 11.6 Å². The molecule has 2 aromatic rings. The molecule has 4 aliphatic rings. The predicted octanol–water partition coefficient (Wildman–Crippen LogP) is 2.07. The first kappa shape index (κ1) is 38.7. The van der Waals surface area contributed by atoms with Gasteiger partial charge in [0.05, 0.1) is 4.90 Å². The maximum absolute atomic E-state index is 16.0. The molecule has 52 heavy (non-hydrogen) atoms. The molecule has 286 valence electrons. The molecule has 0 bridgehead atoms. The average molecular weight is 766 g/mol. The quantitative estimate of drug-likeness (QED) is 0.195. The molecular weight excluding hydrogens is 716 g/mol. The van der Waals surface area contributed by atoms with E-state index in [1.807, 2.05) is 0 Å². The smallest absolute Gasteiger partial charge is 0.276 e. The molecule has 3 aliphatic heterocycles. The Balaban J connectivity index is 0.994. The van der Waals surface area contributed by atoms with E-state index in [0.717, 1.165) is 32.5 Å². The van der Waals surface area contributed by atoms with Gasteiger partial charge in [-0.25, -0.2) is 22.2 Å². The molecule has 0 spiro atoms. The van der Waals surface area contributed by atoms with Crippen molar-refractivity contribution in [2.75, 3.05) is 68.7 Å². The van der Waals surface area contributed by atoms with Gasteiger partial charge in [0.15, 0.2) is 0 Å². The Morgan fingerprint density at radius 2 is 1.60 bits per heavy atom. The van der Waals surface area contributed by atoms with Crippen molar-refractivity contribution in [1.29, 1.82) is 0 Å². The van der Waals surface area contributed by atoms with Gasteiger partial charge in [0.1, 0.15) is 11.0 Å². The number of benzene rings is 1. The molecule has 1 aromatic heterocycles. The Bertz CT molecular complexity index is 1680. The lowest BCUT2D eigenvalue weighted by molar-refractivity contribution is -0.129. The van der Waals surface area contributed by atoms with Crippen molar-refractivity contribution < 1.29 is 26.8 Å². The molecule has 1 aromatic carbocycles. The second-order valence-electron chi connectivity index (χ2n) is 14.7. The first-order valence-corrected chi connectivity index (χ1v) is 20.0. The number of alkyl halides is 2. The molecule has 4 fully saturated rings. The highest BCUT2D eigenvalue weighted by atomic mass is 35.5. The van der Waals surface area contributed by atoms with Crippen LogP contribution in [0.2, 0.25) is 5.15 Å². The van der Waals surface area contributed by atoms with E-state index in [2.05, 4.69) is 15.2 Å². The summed E-state index contributed by atoms with van der Waals surface area (Å²) in [6.07, 6.45) is 2.97. The molecule has 2 amide bonds. The first-order valence-electron chi connectivity index (χ1n) is 18.2. The second-order valence-corrected chi connectivity index (χ2v) is 17.0. The maximum atomic E-state index is 16.0. The Hall–Kier alpha value is -2.99. The van der Waals surface area contributed by atoms with Crippen LogP contribution in [0.4, 0.5) is 20.3 Å². The zero-order chi connectivity index (χ0) is 37.2. The van der Waals surface area contributed by atoms with E-state index in [9.17, 15) is 18.0 Å². The van der Waals surface area contributed by atoms with Crippen molar-refractivity contribution in [3.8, 4) is 0 Å². The molecular formula is C35H50ClF2N9O4S. The van der Waals surface area contributed by atoms with Crippen molar-refractivity contribution in [2.24, 2.45) is 29.0 Å². The molecule has 1 aliphatic carbocycles. The Morgan fingerprint density at radius 3 is 2.21 bits per heavy atom. The number of nitrogens with zero attached hydrogens (tertiary/aromatic N) is 5. The van der Waals surface area contributed by atoms with E-state index >= 15 is 8.78 Å². The maximum Gasteiger partial charge on any atom is 0.276 e. The molecule has 1 saturated carbocycles. The molecule has 7 N–H and O–H groups in total. The standard InChI is InChI=1S/C35H50ClF2N9O4S/c36-31-16-25(35(37,38)24-4-2-23(3-5-24)34(49)42-10-1-11-44-20-26(39)18-27(40)21-44)17-32(43-31)45-12-14-46(15-13-45)52(50,51)30-8-6-29(7-9-30)47-22-28(41)19-33(47)48/h6-9,16-17,23-24,26-28H,1-5,10-15,18-22,39-41H2,(H,42,49)/t23-,24-,26-,27+,28-/m1/s1. The molecule has 3 atom stereocenters. The number of likely N-dealkylation sites (tertiary alicyclic amines) is 1. The fourth-order valence-electron chi connectivity index (χ4n) is 8.00. The number of pyridine rings is 1. The number of hydrogen-bond donors (Lipinski definition) is 4. The highest BCUT2D eigenvalue weighted by molar-refractivity contribution is 7.89. The number of piperazine rings is 1. The van der Waals surface area contributed by atoms with Crippen LogP contribution in [0.25, 0.3) is 0 Å². The molecule has 13 nitrogen and oxygen atoms in total. The summed E-state index contributed by atoms with van der Waals surface area (Å²) in [5.41, 5.74) is 18.4. The molecule has 0 radical (unpaired) electrons. The molecule has 6 rings (SSSR count). The van der Waals surface area contributed by atoms with Gasteiger partial charge in [-0.15, -0.1) is 0 Å². The monoisotopic (exact) mass is 765 g/mol. The lowest BCUT2D eigenvalue weighted by Crippen LogP contribution is -2.52. The number of halogens is 3. The number of anilines is 2. The fraction of sp³-hybridized carbons (Fsp3) is 0.629. The van der Waals surface area contributed by atoms with Crippen molar-refractivity contribution >= 4 is 44.9 Å². The number of hydrogen-bond acceptors (Lipinski definition) is 10. The van der Waals surface area contributed by atoms with Crippen LogP contribution >= 0.6 is 11.6 Å². The number of sulfonamides is 1. The topological polar surface area (TPSA) is 184 Å². The van der Waals surface area contributed by atoms with Gasteiger partial charge >= 0.3 is 0 Å². The predicted molar refractivity (Wildman–Crippen MR) is 196 cm³/mol. The number of nitrogens with one attached hydrogen (secondary N) is 1. The molecule has 4 heterocycles. The first-order chi connectivity index (χ1) is 24.7. The number of carbonyl (C=O) groups is 2. The average Bonchev–Trinajstić information content (AvgIpc) is 3.46. The van der Waals surface area contributed by atoms with E-state index in [4.69, 9.17) is 28.8 Å². The normalized spacial score (nSPS) is 26.9. The Labute approximate surface area is 309 Å². The van der Waals surface area contributed by atoms with Gasteiger partial charge in [0.2, 0.25) is 21.8 Å². The summed E-state index contributed by atoms with van der Waals surface area (Å²) >= 11 is 6.28. The van der Waals surface area contributed by atoms with E-state index < -0.39 is 21.9 Å². The van der Waals surface area contributed by atoms with E-state index in [1.165, 1.54) is 28.6 Å². The summed E-state index contributed by atoms with van der Waals surface area (Å²) in [6, 6.07) is 8.58. The van der Waals surface area contributed by atoms with Gasteiger partial charge in [-0.05, 0) is 81.5 Å². The largest absolute Gasteiger partial charge is 0.356 e. The third kappa shape index (κ3) is 8.86. The highest BCUT2D eigenvalue weighted by Crippen LogP contribution is 2.46. The number of rotatable bonds is 11. The minimum absolute atomic E-state index is 0.0655. The third-order valence-electron chi connectivity index (χ3n) is 10.8. The van der Waals surface area contributed by atoms with Crippen LogP contribution < -0.4 is 32.3 Å². The summed E-state index contributed by atoms with van der Waals surface area (Å²) in [6.45, 7) is 3.98. The number of aromatic nitrogens is 1. The van der Waals surface area contributed by atoms with Crippen LogP contribution in [-0.4, -0.2) is 111 Å². The summed E-state index contributed by atoms with van der Waals surface area (Å²) in [7, 11) is -3.84. The lowest BCUT2D eigenvalue weighted by Gasteiger charge is -2.36. The number of carbonyl (C=O) groups excluding carboxylic acids is 2. The number of amides is 2. The van der Waals surface area contributed by atoms with Crippen molar-refractivity contribution in [3.63, 3.8) is 0 Å². The van der Waals surface area contributed by atoms with Crippen molar-refractivity contribution in [3.05, 3.63) is 47.1 Å². The van der Waals surface area contributed by atoms with E-state index in [0.29, 0.717) is 31.6 Å². The molecule has 17 heteroatoms. The summed E-state index contributed by atoms with van der Waals surface area (Å²) in [5.74, 6) is -4.39.